The van der Waals surface area contributed by atoms with Gasteiger partial charge in [-0.1, -0.05) is 44.5 Å². The largest absolute Gasteiger partial charge is 0.339 e. The molecule has 0 aliphatic carbocycles. The number of nitrogens with two attached hydrogens (primary N) is 1. The van der Waals surface area contributed by atoms with E-state index >= 15 is 0 Å². The highest BCUT2D eigenvalue weighted by Gasteiger charge is 2.32. The van der Waals surface area contributed by atoms with Crippen LogP contribution in [0.3, 0.4) is 0 Å². The Morgan fingerprint density at radius 3 is 2.08 bits per heavy atom. The average Bonchev–Trinajstić information content (AvgIpc) is 2.48. The van der Waals surface area contributed by atoms with Gasteiger partial charge in [-0.05, 0) is 23.1 Å². The van der Waals surface area contributed by atoms with Gasteiger partial charge in [-0.15, -0.1) is 24.8 Å². The Morgan fingerprint density at radius 2 is 1.62 bits per heavy atom. The fourth-order valence-electron chi connectivity index (χ4n) is 2.54. The lowest BCUT2D eigenvalue weighted by Gasteiger charge is -2.38. The molecular weight excluding hydrogens is 369 g/mol. The van der Waals surface area contributed by atoms with Gasteiger partial charge in [-0.2, -0.15) is 0 Å². The minimum Gasteiger partial charge on any atom is -0.339 e. The van der Waals surface area contributed by atoms with Crippen LogP contribution in [0.2, 0.25) is 5.02 Å². The molecule has 1 amide bonds. The minimum absolute atomic E-state index is 0. The summed E-state index contributed by atoms with van der Waals surface area (Å²) < 4.78 is 0. The number of halogens is 3. The fourth-order valence-corrected chi connectivity index (χ4v) is 2.67. The van der Waals surface area contributed by atoms with Gasteiger partial charge in [0.25, 0.3) is 0 Å². The molecule has 1 aromatic rings. The standard InChI is InChI=1S/C17H26ClN3O.2ClH/c1-17(2,3)15(19)16(22)21-10-8-20(9-11-21)12-13-4-6-14(18)7-5-13;;/h4-7,15H,8-12,19H2,1-3H3;2*1H/t15-;;/m1../s1. The predicted molar refractivity (Wildman–Crippen MR) is 105 cm³/mol. The molecule has 2 rings (SSSR count). The molecule has 1 fully saturated rings. The zero-order valence-electron chi connectivity index (χ0n) is 14.5. The predicted octanol–water partition coefficient (Wildman–Crippen LogP) is 3.20. The molecule has 1 aliphatic heterocycles. The smallest absolute Gasteiger partial charge is 0.240 e. The molecule has 0 saturated carbocycles. The quantitative estimate of drug-likeness (QED) is 0.853. The molecule has 7 heteroatoms. The molecule has 1 aliphatic rings. The highest BCUT2D eigenvalue weighted by Crippen LogP contribution is 2.20. The summed E-state index contributed by atoms with van der Waals surface area (Å²) in [6.07, 6.45) is 0. The maximum atomic E-state index is 12.4. The second-order valence-electron chi connectivity index (χ2n) is 7.07. The summed E-state index contributed by atoms with van der Waals surface area (Å²) >= 11 is 5.91. The van der Waals surface area contributed by atoms with E-state index in [0.29, 0.717) is 0 Å². The number of rotatable bonds is 3. The lowest BCUT2D eigenvalue weighted by molar-refractivity contribution is -0.136. The second kappa shape index (κ2) is 9.83. The third kappa shape index (κ3) is 6.41. The van der Waals surface area contributed by atoms with Crippen molar-refractivity contribution in [3.63, 3.8) is 0 Å². The number of piperazine rings is 1. The van der Waals surface area contributed by atoms with E-state index in [0.717, 1.165) is 37.7 Å². The van der Waals surface area contributed by atoms with Crippen LogP contribution >= 0.6 is 36.4 Å². The molecule has 2 N–H and O–H groups in total. The first-order chi connectivity index (χ1) is 10.3. The van der Waals surface area contributed by atoms with Crippen molar-refractivity contribution in [3.05, 3.63) is 34.9 Å². The minimum atomic E-state index is -0.435. The van der Waals surface area contributed by atoms with Gasteiger partial charge in [0.1, 0.15) is 0 Å². The number of carbonyl (C=O) groups is 1. The number of amides is 1. The first-order valence-electron chi connectivity index (χ1n) is 7.78. The molecule has 0 radical (unpaired) electrons. The molecule has 0 bridgehead atoms. The Morgan fingerprint density at radius 1 is 1.12 bits per heavy atom. The van der Waals surface area contributed by atoms with E-state index < -0.39 is 6.04 Å². The van der Waals surface area contributed by atoms with Crippen LogP contribution in [0.15, 0.2) is 24.3 Å². The van der Waals surface area contributed by atoms with Crippen molar-refractivity contribution < 1.29 is 4.79 Å². The van der Waals surface area contributed by atoms with Crippen LogP contribution in [-0.2, 0) is 11.3 Å². The molecule has 1 aromatic carbocycles. The van der Waals surface area contributed by atoms with Gasteiger partial charge < -0.3 is 10.6 Å². The Balaban J connectivity index is 0.00000264. The average molecular weight is 397 g/mol. The topological polar surface area (TPSA) is 49.6 Å². The monoisotopic (exact) mass is 395 g/mol. The van der Waals surface area contributed by atoms with Gasteiger partial charge in [0.2, 0.25) is 5.91 Å². The molecular formula is C17H28Cl3N3O. The Hall–Kier alpha value is -0.520. The van der Waals surface area contributed by atoms with Crippen molar-refractivity contribution in [1.82, 2.24) is 9.80 Å². The zero-order chi connectivity index (χ0) is 16.3. The van der Waals surface area contributed by atoms with E-state index in [2.05, 4.69) is 17.0 Å². The number of hydrogen-bond acceptors (Lipinski definition) is 3. The van der Waals surface area contributed by atoms with Gasteiger partial charge in [-0.3, -0.25) is 9.69 Å². The lowest BCUT2D eigenvalue weighted by Crippen LogP contribution is -2.56. The summed E-state index contributed by atoms with van der Waals surface area (Å²) in [5.74, 6) is 0.0682. The van der Waals surface area contributed by atoms with E-state index in [9.17, 15) is 4.79 Å². The van der Waals surface area contributed by atoms with Gasteiger partial charge in [-0.25, -0.2) is 0 Å². The number of carbonyl (C=O) groups excluding carboxylic acids is 1. The van der Waals surface area contributed by atoms with Crippen LogP contribution in [0, 0.1) is 5.41 Å². The van der Waals surface area contributed by atoms with Crippen molar-refractivity contribution in [2.45, 2.75) is 33.4 Å². The normalized spacial score (nSPS) is 16.8. The Kier molecular flexibility index (Phi) is 9.62. The molecule has 4 nitrogen and oxygen atoms in total. The van der Waals surface area contributed by atoms with Crippen LogP contribution in [0.25, 0.3) is 0 Å². The van der Waals surface area contributed by atoms with Crippen molar-refractivity contribution >= 4 is 42.3 Å². The summed E-state index contributed by atoms with van der Waals surface area (Å²) in [5.41, 5.74) is 7.13. The van der Waals surface area contributed by atoms with E-state index in [4.69, 9.17) is 17.3 Å². The maximum absolute atomic E-state index is 12.4. The second-order valence-corrected chi connectivity index (χ2v) is 7.51. The SMILES string of the molecule is CC(C)(C)[C@H](N)C(=O)N1CCN(Cc2ccc(Cl)cc2)CC1.Cl.Cl. The summed E-state index contributed by atoms with van der Waals surface area (Å²) in [4.78, 5) is 16.7. The summed E-state index contributed by atoms with van der Waals surface area (Å²) in [6.45, 7) is 10.2. The van der Waals surface area contributed by atoms with Crippen molar-refractivity contribution in [2.75, 3.05) is 26.2 Å². The van der Waals surface area contributed by atoms with Crippen LogP contribution in [0.4, 0.5) is 0 Å². The van der Waals surface area contributed by atoms with Gasteiger partial charge in [0, 0.05) is 37.7 Å². The maximum Gasteiger partial charge on any atom is 0.240 e. The van der Waals surface area contributed by atoms with Crippen LogP contribution in [-0.4, -0.2) is 47.9 Å². The zero-order valence-corrected chi connectivity index (χ0v) is 16.9. The van der Waals surface area contributed by atoms with Crippen molar-refractivity contribution in [3.8, 4) is 0 Å². The summed E-state index contributed by atoms with van der Waals surface area (Å²) in [6, 6.07) is 7.50. The Bertz CT molecular complexity index is 509. The van der Waals surface area contributed by atoms with E-state index in [1.54, 1.807) is 0 Å². The van der Waals surface area contributed by atoms with Crippen LogP contribution < -0.4 is 5.73 Å². The van der Waals surface area contributed by atoms with Gasteiger partial charge >= 0.3 is 0 Å². The van der Waals surface area contributed by atoms with Crippen molar-refractivity contribution in [2.24, 2.45) is 11.1 Å². The van der Waals surface area contributed by atoms with Gasteiger partial charge in [0.15, 0.2) is 0 Å². The third-order valence-electron chi connectivity index (χ3n) is 4.20. The van der Waals surface area contributed by atoms with E-state index in [-0.39, 0.29) is 36.1 Å². The van der Waals surface area contributed by atoms with Crippen molar-refractivity contribution in [1.29, 1.82) is 0 Å². The first-order valence-corrected chi connectivity index (χ1v) is 8.16. The number of benzene rings is 1. The highest BCUT2D eigenvalue weighted by molar-refractivity contribution is 6.30. The molecule has 138 valence electrons. The third-order valence-corrected chi connectivity index (χ3v) is 4.45. The number of hydrogen-bond donors (Lipinski definition) is 1. The van der Waals surface area contributed by atoms with Gasteiger partial charge in [0.05, 0.1) is 6.04 Å². The Labute approximate surface area is 162 Å². The summed E-state index contributed by atoms with van der Waals surface area (Å²) in [5, 5.41) is 0.760. The molecule has 0 aromatic heterocycles. The molecule has 1 atom stereocenters. The fraction of sp³-hybridized carbons (Fsp3) is 0.588. The molecule has 0 unspecified atom stereocenters. The van der Waals surface area contributed by atoms with Crippen LogP contribution in [0.5, 0.6) is 0 Å². The number of nitrogens with zero attached hydrogens (tertiary/aromatic N) is 2. The lowest BCUT2D eigenvalue weighted by atomic mass is 9.86. The summed E-state index contributed by atoms with van der Waals surface area (Å²) in [7, 11) is 0. The molecule has 1 heterocycles. The molecule has 1 saturated heterocycles. The molecule has 24 heavy (non-hydrogen) atoms. The first kappa shape index (κ1) is 23.5. The van der Waals surface area contributed by atoms with E-state index in [1.165, 1.54) is 5.56 Å². The highest BCUT2D eigenvalue weighted by atomic mass is 35.5. The van der Waals surface area contributed by atoms with E-state index in [1.807, 2.05) is 37.8 Å². The molecule has 0 spiro atoms. The van der Waals surface area contributed by atoms with Crippen LogP contribution in [0.1, 0.15) is 26.3 Å².